The van der Waals surface area contributed by atoms with Gasteiger partial charge in [-0.15, -0.1) is 11.3 Å². The molecule has 6 nitrogen and oxygen atoms in total. The van der Waals surface area contributed by atoms with Crippen molar-refractivity contribution < 1.29 is 23.1 Å². The number of hydrogen-bond donors (Lipinski definition) is 1. The lowest BCUT2D eigenvalue weighted by molar-refractivity contribution is -0.164. The van der Waals surface area contributed by atoms with E-state index in [4.69, 9.17) is 10.5 Å². The third kappa shape index (κ3) is 3.53. The molecule has 0 radical (unpaired) electrons. The van der Waals surface area contributed by atoms with E-state index in [1.54, 1.807) is 0 Å². The lowest BCUT2D eigenvalue weighted by Gasteiger charge is -2.35. The van der Waals surface area contributed by atoms with Crippen LogP contribution in [0.5, 0.6) is 0 Å². The van der Waals surface area contributed by atoms with Crippen LogP contribution in [0, 0.1) is 0 Å². The van der Waals surface area contributed by atoms with Crippen LogP contribution in [0.3, 0.4) is 0 Å². The molecule has 0 saturated carbocycles. The predicted octanol–water partition coefficient (Wildman–Crippen LogP) is 0.728. The second-order valence-corrected chi connectivity index (χ2v) is 5.55. The number of ether oxygens (including phenoxy) is 1. The van der Waals surface area contributed by atoms with Crippen molar-refractivity contribution in [2.45, 2.75) is 24.8 Å². The highest BCUT2D eigenvalue weighted by atomic mass is 32.1. The van der Waals surface area contributed by atoms with E-state index in [2.05, 4.69) is 4.98 Å². The zero-order valence-corrected chi connectivity index (χ0v) is 11.9. The number of rotatable bonds is 5. The molecule has 0 aromatic carbocycles. The molecule has 0 atom stereocenters. The van der Waals surface area contributed by atoms with E-state index in [9.17, 15) is 18.4 Å². The van der Waals surface area contributed by atoms with Crippen LogP contribution in [-0.4, -0.2) is 47.5 Å². The fraction of sp³-hybridized carbons (Fsp3) is 0.583. The highest BCUT2D eigenvalue weighted by molar-refractivity contribution is 7.09. The van der Waals surface area contributed by atoms with E-state index in [0.29, 0.717) is 37.4 Å². The SMILES string of the molecule is NC(=O)CN(C(=O)C(F)(F)c1nccs1)C1CCOCC1. The first-order chi connectivity index (χ1) is 9.93. The van der Waals surface area contributed by atoms with Gasteiger partial charge in [-0.2, -0.15) is 8.78 Å². The van der Waals surface area contributed by atoms with E-state index in [1.165, 1.54) is 11.6 Å². The number of nitrogens with zero attached hydrogens (tertiary/aromatic N) is 2. The lowest BCUT2D eigenvalue weighted by atomic mass is 10.1. The molecule has 1 aromatic rings. The second-order valence-electron chi connectivity index (χ2n) is 4.65. The minimum absolute atomic E-state index is 0.357. The Balaban J connectivity index is 2.22. The van der Waals surface area contributed by atoms with Gasteiger partial charge in [0.25, 0.3) is 0 Å². The molecule has 21 heavy (non-hydrogen) atoms. The molecule has 1 aliphatic rings. The number of halogens is 2. The van der Waals surface area contributed by atoms with Crippen LogP contribution in [0.15, 0.2) is 11.6 Å². The number of aromatic nitrogens is 1. The number of hydrogen-bond acceptors (Lipinski definition) is 5. The molecule has 0 spiro atoms. The Morgan fingerprint density at radius 3 is 2.67 bits per heavy atom. The minimum Gasteiger partial charge on any atom is -0.381 e. The smallest absolute Gasteiger partial charge is 0.375 e. The van der Waals surface area contributed by atoms with Crippen molar-refractivity contribution >= 4 is 23.2 Å². The summed E-state index contributed by atoms with van der Waals surface area (Å²) in [7, 11) is 0. The maximum atomic E-state index is 14.2. The Kier molecular flexibility index (Phi) is 4.84. The van der Waals surface area contributed by atoms with Crippen molar-refractivity contribution in [1.82, 2.24) is 9.88 Å². The first-order valence-electron chi connectivity index (χ1n) is 6.38. The molecule has 2 N–H and O–H groups in total. The maximum absolute atomic E-state index is 14.2. The predicted molar refractivity (Wildman–Crippen MR) is 70.8 cm³/mol. The molecule has 1 saturated heterocycles. The average Bonchev–Trinajstić information content (AvgIpc) is 2.99. The summed E-state index contributed by atoms with van der Waals surface area (Å²) in [6.45, 7) is 0.177. The van der Waals surface area contributed by atoms with Gasteiger partial charge in [-0.1, -0.05) is 0 Å². The average molecular weight is 319 g/mol. The molecule has 9 heteroatoms. The van der Waals surface area contributed by atoms with Crippen molar-refractivity contribution in [2.75, 3.05) is 19.8 Å². The van der Waals surface area contributed by atoms with Gasteiger partial charge in [-0.25, -0.2) is 4.98 Å². The normalized spacial score (nSPS) is 16.7. The molecule has 2 heterocycles. The fourth-order valence-corrected chi connectivity index (χ4v) is 2.79. The first kappa shape index (κ1) is 15.8. The summed E-state index contributed by atoms with van der Waals surface area (Å²) in [4.78, 5) is 27.7. The van der Waals surface area contributed by atoms with Crippen molar-refractivity contribution in [2.24, 2.45) is 5.73 Å². The molecule has 0 bridgehead atoms. The van der Waals surface area contributed by atoms with Crippen LogP contribution < -0.4 is 5.73 Å². The molecule has 1 fully saturated rings. The van der Waals surface area contributed by atoms with Crippen molar-refractivity contribution in [1.29, 1.82) is 0 Å². The molecule has 0 unspecified atom stereocenters. The van der Waals surface area contributed by atoms with Crippen LogP contribution in [0.2, 0.25) is 0 Å². The summed E-state index contributed by atoms with van der Waals surface area (Å²) >= 11 is 0.692. The van der Waals surface area contributed by atoms with Gasteiger partial charge in [0.2, 0.25) is 5.91 Å². The standard InChI is InChI=1S/C12H15F2N3O3S/c13-12(14,10-16-3-6-21-10)11(19)17(7-9(15)18)8-1-4-20-5-2-8/h3,6,8H,1-2,4-5,7H2,(H2,15,18). The summed E-state index contributed by atoms with van der Waals surface area (Å²) in [5.74, 6) is -6.03. The number of primary amides is 1. The molecule has 1 aromatic heterocycles. The number of carbonyl (C=O) groups is 2. The summed E-state index contributed by atoms with van der Waals surface area (Å²) in [6.07, 6.45) is 1.99. The van der Waals surface area contributed by atoms with Gasteiger partial charge >= 0.3 is 11.8 Å². The molecular formula is C12H15F2N3O3S. The monoisotopic (exact) mass is 319 g/mol. The molecule has 116 valence electrons. The summed E-state index contributed by atoms with van der Waals surface area (Å²) in [5, 5.41) is 0.776. The van der Waals surface area contributed by atoms with Gasteiger partial charge in [-0.3, -0.25) is 9.59 Å². The van der Waals surface area contributed by atoms with Crippen molar-refractivity contribution in [3.8, 4) is 0 Å². The lowest BCUT2D eigenvalue weighted by Crippen LogP contribution is -2.52. The topological polar surface area (TPSA) is 85.5 Å². The third-order valence-corrected chi connectivity index (χ3v) is 4.03. The molecule has 2 amide bonds. The maximum Gasteiger partial charge on any atom is 0.375 e. The van der Waals surface area contributed by atoms with Gasteiger partial charge < -0.3 is 15.4 Å². The molecule has 0 aliphatic carbocycles. The van der Waals surface area contributed by atoms with Gasteiger partial charge in [0.05, 0.1) is 6.54 Å². The Morgan fingerprint density at radius 2 is 2.14 bits per heavy atom. The Labute approximate surface area is 123 Å². The van der Waals surface area contributed by atoms with Crippen LogP contribution >= 0.6 is 11.3 Å². The quantitative estimate of drug-likeness (QED) is 0.867. The summed E-state index contributed by atoms with van der Waals surface area (Å²) in [5.41, 5.74) is 5.08. The van der Waals surface area contributed by atoms with E-state index in [-0.39, 0.29) is 0 Å². The Morgan fingerprint density at radius 1 is 1.48 bits per heavy atom. The van der Waals surface area contributed by atoms with Gasteiger partial charge in [0, 0.05) is 30.8 Å². The largest absolute Gasteiger partial charge is 0.381 e. The van der Waals surface area contributed by atoms with Crippen LogP contribution in [-0.2, 0) is 20.2 Å². The second kappa shape index (κ2) is 6.44. The Hall–Kier alpha value is -1.61. The zero-order chi connectivity index (χ0) is 15.5. The first-order valence-corrected chi connectivity index (χ1v) is 7.25. The highest BCUT2D eigenvalue weighted by Crippen LogP contribution is 2.33. The number of carbonyl (C=O) groups excluding carboxylic acids is 2. The highest BCUT2D eigenvalue weighted by Gasteiger charge is 2.48. The summed E-state index contributed by atoms with van der Waals surface area (Å²) in [6, 6.07) is -0.482. The van der Waals surface area contributed by atoms with Crippen molar-refractivity contribution in [3.63, 3.8) is 0 Å². The van der Waals surface area contributed by atoms with Gasteiger partial charge in [-0.05, 0) is 12.8 Å². The van der Waals surface area contributed by atoms with E-state index in [0.717, 1.165) is 4.90 Å². The minimum atomic E-state index is -3.76. The van der Waals surface area contributed by atoms with Crippen LogP contribution in [0.1, 0.15) is 17.8 Å². The number of nitrogens with two attached hydrogens (primary N) is 1. The van der Waals surface area contributed by atoms with Crippen LogP contribution in [0.4, 0.5) is 8.78 Å². The summed E-state index contributed by atoms with van der Waals surface area (Å²) < 4.78 is 33.6. The molecule has 2 rings (SSSR count). The molecular weight excluding hydrogens is 304 g/mol. The number of alkyl halides is 2. The Bertz CT molecular complexity index is 504. The molecule has 1 aliphatic heterocycles. The fourth-order valence-electron chi connectivity index (χ4n) is 2.18. The van der Waals surface area contributed by atoms with Crippen LogP contribution in [0.25, 0.3) is 0 Å². The number of thiazole rings is 1. The van der Waals surface area contributed by atoms with E-state index >= 15 is 0 Å². The van der Waals surface area contributed by atoms with Gasteiger partial charge in [0.1, 0.15) is 0 Å². The van der Waals surface area contributed by atoms with E-state index in [1.807, 2.05) is 0 Å². The zero-order valence-electron chi connectivity index (χ0n) is 11.1. The van der Waals surface area contributed by atoms with Crippen molar-refractivity contribution in [3.05, 3.63) is 16.6 Å². The third-order valence-electron chi connectivity index (χ3n) is 3.19. The number of amides is 2. The van der Waals surface area contributed by atoms with E-state index < -0.39 is 35.3 Å². The van der Waals surface area contributed by atoms with Gasteiger partial charge in [0.15, 0.2) is 5.01 Å².